The highest BCUT2D eigenvalue weighted by molar-refractivity contribution is 6.02. The van der Waals surface area contributed by atoms with E-state index in [1.54, 1.807) is 12.1 Å². The lowest BCUT2D eigenvalue weighted by atomic mass is 9.68. The fraction of sp³-hybridized carbons (Fsp3) is 0.269. The summed E-state index contributed by atoms with van der Waals surface area (Å²) in [4.78, 5) is 57.4. The fourth-order valence-electron chi connectivity index (χ4n) is 5.32. The zero-order valence-corrected chi connectivity index (χ0v) is 20.3. The van der Waals surface area contributed by atoms with E-state index in [1.807, 2.05) is 13.8 Å². The number of ether oxygens (including phenoxy) is 1. The number of allylic oxidation sites excluding steroid dienone is 2. The molecular formula is C26H24N4O7. The second-order valence-electron chi connectivity index (χ2n) is 9.92. The molecule has 0 bridgehead atoms. The third-order valence-electron chi connectivity index (χ3n) is 6.78. The van der Waals surface area contributed by atoms with Crippen LogP contribution in [0.3, 0.4) is 0 Å². The van der Waals surface area contributed by atoms with Gasteiger partial charge in [0, 0.05) is 29.7 Å². The molecule has 11 nitrogen and oxygen atoms in total. The molecule has 2 aliphatic rings. The molecular weight excluding hydrogens is 480 g/mol. The SMILES string of the molecule is COc1cc(C2C3=C(CC(C)(C)CC3=O)N(c3ccccc3[N+](=O)[O-])c3[nH]c(=O)[nH]c(=O)c32)ccc1O. The molecule has 1 aliphatic heterocycles. The Hall–Kier alpha value is -4.67. The van der Waals surface area contributed by atoms with Gasteiger partial charge in [-0.2, -0.15) is 0 Å². The van der Waals surface area contributed by atoms with Crippen LogP contribution >= 0.6 is 0 Å². The van der Waals surface area contributed by atoms with Gasteiger partial charge in [0.25, 0.3) is 11.2 Å². The number of ketones is 1. The number of H-pyrrole nitrogens is 2. The number of aromatic amines is 2. The third kappa shape index (κ3) is 3.88. The Morgan fingerprint density at radius 3 is 2.54 bits per heavy atom. The minimum Gasteiger partial charge on any atom is -0.504 e. The first-order valence-electron chi connectivity index (χ1n) is 11.6. The number of aromatic hydroxyl groups is 1. The van der Waals surface area contributed by atoms with E-state index in [0.29, 0.717) is 23.3 Å². The molecule has 0 saturated carbocycles. The summed E-state index contributed by atoms with van der Waals surface area (Å²) in [6, 6.07) is 10.5. The van der Waals surface area contributed by atoms with E-state index in [-0.39, 0.29) is 46.5 Å². The molecule has 1 aliphatic carbocycles. The van der Waals surface area contributed by atoms with Crippen LogP contribution in [-0.4, -0.2) is 32.9 Å². The van der Waals surface area contributed by atoms with Crippen LogP contribution in [0.15, 0.2) is 63.3 Å². The number of Topliss-reactive ketones (excluding diaryl/α,β-unsaturated/α-hetero) is 1. The van der Waals surface area contributed by atoms with Gasteiger partial charge in [0.15, 0.2) is 17.3 Å². The molecule has 11 heteroatoms. The van der Waals surface area contributed by atoms with Gasteiger partial charge in [-0.1, -0.05) is 32.0 Å². The highest BCUT2D eigenvalue weighted by Crippen LogP contribution is 2.53. The molecule has 3 aromatic rings. The number of nitro benzene ring substituents is 1. The fourth-order valence-corrected chi connectivity index (χ4v) is 5.32. The van der Waals surface area contributed by atoms with Crippen molar-refractivity contribution < 1.29 is 19.6 Å². The molecule has 190 valence electrons. The van der Waals surface area contributed by atoms with Gasteiger partial charge in [-0.25, -0.2) is 4.79 Å². The summed E-state index contributed by atoms with van der Waals surface area (Å²) < 4.78 is 5.26. The van der Waals surface area contributed by atoms with E-state index in [0.717, 1.165) is 0 Å². The molecule has 1 aromatic heterocycles. The van der Waals surface area contributed by atoms with Gasteiger partial charge in [0.2, 0.25) is 0 Å². The normalized spacial score (nSPS) is 18.3. The highest BCUT2D eigenvalue weighted by atomic mass is 16.6. The average Bonchev–Trinajstić information content (AvgIpc) is 2.82. The molecule has 0 spiro atoms. The molecule has 5 rings (SSSR count). The Bertz CT molecular complexity index is 1620. The maximum Gasteiger partial charge on any atom is 0.327 e. The molecule has 37 heavy (non-hydrogen) atoms. The number of benzene rings is 2. The number of phenolic OH excluding ortho intramolecular Hbond substituents is 1. The number of aromatic nitrogens is 2. The molecule has 2 heterocycles. The first kappa shape index (κ1) is 24.0. The summed E-state index contributed by atoms with van der Waals surface area (Å²) >= 11 is 0. The second-order valence-corrected chi connectivity index (χ2v) is 9.92. The van der Waals surface area contributed by atoms with E-state index in [4.69, 9.17) is 4.74 Å². The van der Waals surface area contributed by atoms with Gasteiger partial charge < -0.3 is 9.84 Å². The predicted molar refractivity (Wildman–Crippen MR) is 134 cm³/mol. The lowest BCUT2D eigenvalue weighted by Crippen LogP contribution is -2.42. The van der Waals surface area contributed by atoms with Crippen LogP contribution in [0.5, 0.6) is 11.5 Å². The smallest absolute Gasteiger partial charge is 0.327 e. The largest absolute Gasteiger partial charge is 0.504 e. The number of phenols is 1. The Morgan fingerprint density at radius 2 is 1.84 bits per heavy atom. The van der Waals surface area contributed by atoms with Crippen LogP contribution in [0.1, 0.15) is 43.7 Å². The molecule has 2 aromatic carbocycles. The van der Waals surface area contributed by atoms with Crippen molar-refractivity contribution in [1.82, 2.24) is 9.97 Å². The maximum atomic E-state index is 13.7. The van der Waals surface area contributed by atoms with Crippen molar-refractivity contribution in [3.63, 3.8) is 0 Å². The molecule has 0 amide bonds. The van der Waals surface area contributed by atoms with Crippen LogP contribution in [0.2, 0.25) is 0 Å². The second kappa shape index (κ2) is 8.47. The Labute approximate surface area is 210 Å². The lowest BCUT2D eigenvalue weighted by Gasteiger charge is -2.43. The summed E-state index contributed by atoms with van der Waals surface area (Å²) in [7, 11) is 1.38. The van der Waals surface area contributed by atoms with Gasteiger partial charge in [-0.15, -0.1) is 0 Å². The quantitative estimate of drug-likeness (QED) is 0.359. The number of para-hydroxylation sites is 2. The molecule has 0 saturated heterocycles. The van der Waals surface area contributed by atoms with Gasteiger partial charge in [0.1, 0.15) is 11.5 Å². The first-order valence-corrected chi connectivity index (χ1v) is 11.6. The molecule has 0 fully saturated rings. The first-order chi connectivity index (χ1) is 17.5. The number of nitro groups is 1. The Morgan fingerprint density at radius 1 is 1.11 bits per heavy atom. The number of fused-ring (bicyclic) bond motifs is 1. The maximum absolute atomic E-state index is 13.7. The highest BCUT2D eigenvalue weighted by Gasteiger charge is 2.46. The summed E-state index contributed by atoms with van der Waals surface area (Å²) in [5, 5.41) is 22.1. The van der Waals surface area contributed by atoms with Crippen molar-refractivity contribution in [3.05, 3.63) is 95.8 Å². The van der Waals surface area contributed by atoms with Crippen molar-refractivity contribution in [1.29, 1.82) is 0 Å². The van der Waals surface area contributed by atoms with Crippen molar-refractivity contribution in [2.24, 2.45) is 5.41 Å². The minimum atomic E-state index is -0.914. The molecule has 1 unspecified atom stereocenters. The van der Waals surface area contributed by atoms with Crippen LogP contribution in [0, 0.1) is 15.5 Å². The van der Waals surface area contributed by atoms with Crippen molar-refractivity contribution >= 4 is 23.0 Å². The lowest BCUT2D eigenvalue weighted by molar-refractivity contribution is -0.384. The van der Waals surface area contributed by atoms with Crippen LogP contribution in [0.25, 0.3) is 0 Å². The monoisotopic (exact) mass is 504 g/mol. The number of methoxy groups -OCH3 is 1. The van der Waals surface area contributed by atoms with Crippen LogP contribution in [0.4, 0.5) is 17.2 Å². The van der Waals surface area contributed by atoms with Crippen molar-refractivity contribution in [3.8, 4) is 11.5 Å². The van der Waals surface area contributed by atoms with E-state index < -0.39 is 27.5 Å². The number of nitrogens with zero attached hydrogens (tertiary/aromatic N) is 2. The Balaban J connectivity index is 1.92. The predicted octanol–water partition coefficient (Wildman–Crippen LogP) is 3.61. The van der Waals surface area contributed by atoms with E-state index in [9.17, 15) is 29.6 Å². The minimum absolute atomic E-state index is 0.0457. The number of hydrogen-bond acceptors (Lipinski definition) is 8. The van der Waals surface area contributed by atoms with Gasteiger partial charge in [-0.3, -0.25) is 34.6 Å². The Kier molecular flexibility index (Phi) is 5.50. The summed E-state index contributed by atoms with van der Waals surface area (Å²) in [6.07, 6.45) is 0.541. The number of carbonyl (C=O) groups excluding carboxylic acids is 1. The van der Waals surface area contributed by atoms with E-state index >= 15 is 0 Å². The molecule has 3 N–H and O–H groups in total. The number of rotatable bonds is 4. The van der Waals surface area contributed by atoms with Crippen LogP contribution in [-0.2, 0) is 4.79 Å². The zero-order chi connectivity index (χ0) is 26.6. The standard InChI is InChI=1S/C26H24N4O7/c1-26(2)11-16-21(18(32)12-26)20(13-8-9-17(31)19(10-13)37-3)22-23(27-25(34)28-24(22)33)29(16)14-6-4-5-7-15(14)30(35)36/h4-10,20,31H,11-12H2,1-3H3,(H2,27,28,33,34). The van der Waals surface area contributed by atoms with Crippen molar-refractivity contribution in [2.45, 2.75) is 32.6 Å². The van der Waals surface area contributed by atoms with E-state index in [1.165, 1.54) is 42.3 Å². The van der Waals surface area contributed by atoms with Crippen molar-refractivity contribution in [2.75, 3.05) is 12.0 Å². The van der Waals surface area contributed by atoms with Gasteiger partial charge >= 0.3 is 5.69 Å². The zero-order valence-electron chi connectivity index (χ0n) is 20.3. The average molecular weight is 504 g/mol. The van der Waals surface area contributed by atoms with Gasteiger partial charge in [0.05, 0.1) is 17.6 Å². The molecule has 0 radical (unpaired) electrons. The number of anilines is 2. The van der Waals surface area contributed by atoms with Gasteiger partial charge in [-0.05, 0) is 35.6 Å². The third-order valence-corrected chi connectivity index (χ3v) is 6.78. The number of nitrogens with one attached hydrogen (secondary N) is 2. The van der Waals surface area contributed by atoms with E-state index in [2.05, 4.69) is 9.97 Å². The molecule has 1 atom stereocenters. The topological polar surface area (TPSA) is 159 Å². The van der Waals surface area contributed by atoms with Crippen LogP contribution < -0.4 is 20.9 Å². The summed E-state index contributed by atoms with van der Waals surface area (Å²) in [5.74, 6) is -1.06. The number of hydrogen-bond donors (Lipinski definition) is 3. The number of carbonyl (C=O) groups is 1. The summed E-state index contributed by atoms with van der Waals surface area (Å²) in [5.41, 5.74) is -0.848. The summed E-state index contributed by atoms with van der Waals surface area (Å²) in [6.45, 7) is 3.84.